The summed E-state index contributed by atoms with van der Waals surface area (Å²) in [7, 11) is 0. The Morgan fingerprint density at radius 2 is 1.71 bits per heavy atom. The van der Waals surface area contributed by atoms with Crippen molar-refractivity contribution in [1.82, 2.24) is 9.78 Å². The maximum absolute atomic E-state index is 12.8. The smallest absolute Gasteiger partial charge is 0.211 e. The van der Waals surface area contributed by atoms with Crippen LogP contribution in [0.2, 0.25) is 0 Å². The van der Waals surface area contributed by atoms with Crippen molar-refractivity contribution in [2.24, 2.45) is 0 Å². The number of aromatic nitrogens is 2. The van der Waals surface area contributed by atoms with Gasteiger partial charge in [-0.25, -0.2) is 4.68 Å². The second kappa shape index (κ2) is 5.37. The van der Waals surface area contributed by atoms with Crippen molar-refractivity contribution in [1.29, 1.82) is 0 Å². The zero-order chi connectivity index (χ0) is 14.8. The van der Waals surface area contributed by atoms with Crippen LogP contribution in [0.4, 0.5) is 0 Å². The number of carbonyl (C=O) groups is 1. The fourth-order valence-corrected chi connectivity index (χ4v) is 2.39. The molecular formula is C18H16N2O. The van der Waals surface area contributed by atoms with Gasteiger partial charge in [0, 0.05) is 5.56 Å². The second-order valence-electron chi connectivity index (χ2n) is 5.04. The third-order valence-electron chi connectivity index (χ3n) is 3.73. The predicted molar refractivity (Wildman–Crippen MR) is 82.9 cm³/mol. The molecule has 0 saturated carbocycles. The third kappa shape index (κ3) is 2.38. The molecule has 3 rings (SSSR count). The zero-order valence-electron chi connectivity index (χ0n) is 12.1. The van der Waals surface area contributed by atoms with Crippen LogP contribution in [0.1, 0.15) is 27.2 Å². The number of hydrogen-bond acceptors (Lipinski definition) is 2. The predicted octanol–water partition coefficient (Wildman–Crippen LogP) is 3.72. The summed E-state index contributed by atoms with van der Waals surface area (Å²) in [6, 6.07) is 17.2. The first kappa shape index (κ1) is 13.3. The van der Waals surface area contributed by atoms with Crippen LogP contribution in [0.15, 0.2) is 60.8 Å². The van der Waals surface area contributed by atoms with E-state index in [2.05, 4.69) is 5.10 Å². The molecule has 3 nitrogen and oxygen atoms in total. The van der Waals surface area contributed by atoms with E-state index in [-0.39, 0.29) is 5.78 Å². The van der Waals surface area contributed by atoms with Crippen LogP contribution in [-0.2, 0) is 0 Å². The van der Waals surface area contributed by atoms with Crippen LogP contribution in [-0.4, -0.2) is 15.6 Å². The highest BCUT2D eigenvalue weighted by molar-refractivity contribution is 6.09. The molecule has 104 valence electrons. The minimum atomic E-state index is -0.00227. The summed E-state index contributed by atoms with van der Waals surface area (Å²) in [6.45, 7) is 3.99. The fourth-order valence-electron chi connectivity index (χ4n) is 2.39. The molecule has 21 heavy (non-hydrogen) atoms. The molecule has 3 heteroatoms. The lowest BCUT2D eigenvalue weighted by molar-refractivity contribution is 0.103. The molecule has 0 radical (unpaired) electrons. The van der Waals surface area contributed by atoms with E-state index in [1.807, 2.05) is 62.4 Å². The Morgan fingerprint density at radius 3 is 2.48 bits per heavy atom. The number of ketones is 1. The number of aryl methyl sites for hydroxylation is 1. The molecule has 3 aromatic rings. The van der Waals surface area contributed by atoms with E-state index in [1.165, 1.54) is 0 Å². The summed E-state index contributed by atoms with van der Waals surface area (Å²) in [4.78, 5) is 12.8. The first-order valence-corrected chi connectivity index (χ1v) is 6.89. The van der Waals surface area contributed by atoms with E-state index in [0.29, 0.717) is 5.69 Å². The Morgan fingerprint density at radius 1 is 0.952 bits per heavy atom. The van der Waals surface area contributed by atoms with Crippen LogP contribution < -0.4 is 0 Å². The Bertz CT molecular complexity index is 788. The van der Waals surface area contributed by atoms with Crippen molar-refractivity contribution >= 4 is 5.78 Å². The molecule has 0 fully saturated rings. The van der Waals surface area contributed by atoms with E-state index in [0.717, 1.165) is 22.4 Å². The van der Waals surface area contributed by atoms with Crippen LogP contribution in [0.3, 0.4) is 0 Å². The van der Waals surface area contributed by atoms with Gasteiger partial charge in [0.1, 0.15) is 5.69 Å². The summed E-state index contributed by atoms with van der Waals surface area (Å²) in [5, 5.41) is 4.28. The molecule has 0 aliphatic carbocycles. The van der Waals surface area contributed by atoms with Gasteiger partial charge in [0.05, 0.1) is 11.9 Å². The Balaban J connectivity index is 2.08. The van der Waals surface area contributed by atoms with Gasteiger partial charge in [0.2, 0.25) is 5.78 Å². The number of benzene rings is 2. The zero-order valence-corrected chi connectivity index (χ0v) is 12.1. The highest BCUT2D eigenvalue weighted by atomic mass is 16.1. The molecule has 0 N–H and O–H groups in total. The molecule has 0 amide bonds. The third-order valence-corrected chi connectivity index (χ3v) is 3.73. The van der Waals surface area contributed by atoms with E-state index >= 15 is 0 Å². The Labute approximate surface area is 123 Å². The average Bonchev–Trinajstić information content (AvgIpc) is 3.00. The van der Waals surface area contributed by atoms with Gasteiger partial charge < -0.3 is 0 Å². The summed E-state index contributed by atoms with van der Waals surface area (Å²) in [6.07, 6.45) is 1.66. The highest BCUT2D eigenvalue weighted by Gasteiger charge is 2.17. The van der Waals surface area contributed by atoms with Gasteiger partial charge in [-0.1, -0.05) is 36.4 Å². The maximum Gasteiger partial charge on any atom is 0.211 e. The topological polar surface area (TPSA) is 34.9 Å². The quantitative estimate of drug-likeness (QED) is 0.683. The Hall–Kier alpha value is -2.68. The van der Waals surface area contributed by atoms with Crippen molar-refractivity contribution in [2.75, 3.05) is 0 Å². The van der Waals surface area contributed by atoms with Crippen LogP contribution in [0.25, 0.3) is 5.69 Å². The average molecular weight is 276 g/mol. The molecule has 0 saturated heterocycles. The fraction of sp³-hybridized carbons (Fsp3) is 0.111. The number of nitrogens with zero attached hydrogens (tertiary/aromatic N) is 2. The minimum absolute atomic E-state index is 0.00227. The minimum Gasteiger partial charge on any atom is -0.287 e. The summed E-state index contributed by atoms with van der Waals surface area (Å²) >= 11 is 0. The number of carbonyl (C=O) groups excluding carboxylic acids is 1. The Kier molecular flexibility index (Phi) is 3.40. The second-order valence-corrected chi connectivity index (χ2v) is 5.04. The van der Waals surface area contributed by atoms with E-state index in [9.17, 15) is 4.79 Å². The van der Waals surface area contributed by atoms with Gasteiger partial charge in [0.25, 0.3) is 0 Å². The van der Waals surface area contributed by atoms with Crippen molar-refractivity contribution in [2.45, 2.75) is 13.8 Å². The van der Waals surface area contributed by atoms with Gasteiger partial charge in [-0.3, -0.25) is 4.79 Å². The SMILES string of the molecule is Cc1cccc(C(=O)c2ccnn2-c2ccccc2)c1C. The summed E-state index contributed by atoms with van der Waals surface area (Å²) in [5.41, 5.74) is 4.33. The van der Waals surface area contributed by atoms with Gasteiger partial charge in [-0.05, 0) is 43.2 Å². The lowest BCUT2D eigenvalue weighted by Crippen LogP contribution is -2.11. The molecule has 1 heterocycles. The van der Waals surface area contributed by atoms with Gasteiger partial charge in [-0.15, -0.1) is 0 Å². The first-order valence-electron chi connectivity index (χ1n) is 6.89. The van der Waals surface area contributed by atoms with Crippen molar-refractivity contribution in [3.63, 3.8) is 0 Å². The van der Waals surface area contributed by atoms with Gasteiger partial charge in [0.15, 0.2) is 0 Å². The lowest BCUT2D eigenvalue weighted by atomic mass is 9.98. The van der Waals surface area contributed by atoms with Crippen LogP contribution in [0, 0.1) is 13.8 Å². The van der Waals surface area contributed by atoms with Crippen LogP contribution >= 0.6 is 0 Å². The highest BCUT2D eigenvalue weighted by Crippen LogP contribution is 2.19. The molecule has 2 aromatic carbocycles. The summed E-state index contributed by atoms with van der Waals surface area (Å²) in [5.74, 6) is -0.00227. The van der Waals surface area contributed by atoms with Crippen molar-refractivity contribution in [3.8, 4) is 5.69 Å². The molecule has 0 spiro atoms. The molecular weight excluding hydrogens is 260 g/mol. The molecule has 0 aliphatic heterocycles. The largest absolute Gasteiger partial charge is 0.287 e. The maximum atomic E-state index is 12.8. The number of rotatable bonds is 3. The van der Waals surface area contributed by atoms with E-state index < -0.39 is 0 Å². The normalized spacial score (nSPS) is 10.6. The van der Waals surface area contributed by atoms with Gasteiger partial charge >= 0.3 is 0 Å². The molecule has 0 aliphatic rings. The first-order chi connectivity index (χ1) is 10.2. The molecule has 0 bridgehead atoms. The lowest BCUT2D eigenvalue weighted by Gasteiger charge is -2.10. The molecule has 0 atom stereocenters. The monoisotopic (exact) mass is 276 g/mol. The van der Waals surface area contributed by atoms with Crippen LogP contribution in [0.5, 0.6) is 0 Å². The van der Waals surface area contributed by atoms with E-state index in [1.54, 1.807) is 16.9 Å². The summed E-state index contributed by atoms with van der Waals surface area (Å²) < 4.78 is 1.68. The number of hydrogen-bond donors (Lipinski definition) is 0. The standard InChI is InChI=1S/C18H16N2O/c1-13-7-6-10-16(14(13)2)18(21)17-11-12-19-20(17)15-8-4-3-5-9-15/h3-12H,1-2H3. The van der Waals surface area contributed by atoms with Gasteiger partial charge in [-0.2, -0.15) is 5.10 Å². The molecule has 0 unspecified atom stereocenters. The van der Waals surface area contributed by atoms with Crippen molar-refractivity contribution < 1.29 is 4.79 Å². The van der Waals surface area contributed by atoms with Crippen molar-refractivity contribution in [3.05, 3.63) is 83.2 Å². The van der Waals surface area contributed by atoms with E-state index in [4.69, 9.17) is 0 Å². The molecule has 1 aromatic heterocycles. The number of para-hydroxylation sites is 1.